The highest BCUT2D eigenvalue weighted by molar-refractivity contribution is 5.70. The molecule has 1 aliphatic heterocycles. The fraction of sp³-hybridized carbons (Fsp3) is 0.333. The molecular formula is C18H17N3O2. The standard InChI is InChI=1S/C18H17N3O2/c1-9-16(10(2)23-21-9)11-3-4-15-12(5-11)17-13(7-22-15)18(17)14-6-19-8-20-14/h3-6,8,13,17-18H,7H2,1-2H3,(H,19,20)/t13-,17+,18?/m0/s1. The number of rotatable bonds is 2. The lowest BCUT2D eigenvalue weighted by molar-refractivity contribution is 0.277. The maximum absolute atomic E-state index is 5.97. The van der Waals surface area contributed by atoms with E-state index in [1.165, 1.54) is 11.3 Å². The maximum Gasteiger partial charge on any atom is 0.141 e. The van der Waals surface area contributed by atoms with Gasteiger partial charge in [-0.3, -0.25) is 0 Å². The van der Waals surface area contributed by atoms with E-state index in [4.69, 9.17) is 9.26 Å². The van der Waals surface area contributed by atoms with Gasteiger partial charge in [-0.05, 0) is 37.1 Å². The third kappa shape index (κ3) is 1.79. The molecule has 3 heterocycles. The summed E-state index contributed by atoms with van der Waals surface area (Å²) in [6.07, 6.45) is 3.68. The number of hydrogen-bond donors (Lipinski definition) is 1. The van der Waals surface area contributed by atoms with Crippen molar-refractivity contribution in [3.05, 3.63) is 53.4 Å². The Morgan fingerprint density at radius 1 is 1.22 bits per heavy atom. The van der Waals surface area contributed by atoms with Gasteiger partial charge in [0.1, 0.15) is 11.5 Å². The fourth-order valence-corrected chi connectivity index (χ4v) is 4.06. The monoisotopic (exact) mass is 307 g/mol. The lowest BCUT2D eigenvalue weighted by Crippen LogP contribution is -2.08. The predicted molar refractivity (Wildman–Crippen MR) is 84.5 cm³/mol. The molecule has 0 radical (unpaired) electrons. The van der Waals surface area contributed by atoms with Crippen LogP contribution < -0.4 is 4.74 Å². The third-order valence-corrected chi connectivity index (χ3v) is 5.17. The second kappa shape index (κ2) is 4.47. The van der Waals surface area contributed by atoms with Gasteiger partial charge in [0.05, 0.1) is 18.6 Å². The summed E-state index contributed by atoms with van der Waals surface area (Å²) >= 11 is 0. The molecule has 1 unspecified atom stereocenters. The number of H-pyrrole nitrogens is 1. The number of hydrogen-bond acceptors (Lipinski definition) is 4. The van der Waals surface area contributed by atoms with Crippen LogP contribution in [0.15, 0.2) is 35.2 Å². The second-order valence-corrected chi connectivity index (χ2v) is 6.49. The van der Waals surface area contributed by atoms with Gasteiger partial charge < -0.3 is 14.2 Å². The Hall–Kier alpha value is -2.56. The highest BCUT2D eigenvalue weighted by Gasteiger charge is 2.56. The number of aromatic nitrogens is 3. The minimum Gasteiger partial charge on any atom is -0.493 e. The van der Waals surface area contributed by atoms with E-state index in [2.05, 4.69) is 33.3 Å². The molecule has 1 aliphatic carbocycles. The summed E-state index contributed by atoms with van der Waals surface area (Å²) in [7, 11) is 0. The van der Waals surface area contributed by atoms with Crippen molar-refractivity contribution in [2.45, 2.75) is 25.7 Å². The topological polar surface area (TPSA) is 63.9 Å². The second-order valence-electron chi connectivity index (χ2n) is 6.49. The molecule has 3 aromatic rings. The average molecular weight is 307 g/mol. The van der Waals surface area contributed by atoms with Gasteiger partial charge >= 0.3 is 0 Å². The fourth-order valence-electron chi connectivity index (χ4n) is 4.06. The zero-order valence-electron chi connectivity index (χ0n) is 13.0. The van der Waals surface area contributed by atoms with E-state index in [1.54, 1.807) is 6.33 Å². The number of ether oxygens (including phenoxy) is 1. The zero-order chi connectivity index (χ0) is 15.6. The normalized spacial score (nSPS) is 24.7. The molecule has 0 spiro atoms. The van der Waals surface area contributed by atoms with Gasteiger partial charge in [0.25, 0.3) is 0 Å². The Kier molecular flexibility index (Phi) is 2.52. The average Bonchev–Trinajstić information content (AvgIpc) is 2.88. The van der Waals surface area contributed by atoms with Crippen LogP contribution in [0.1, 0.15) is 34.5 Å². The van der Waals surface area contributed by atoms with Crippen LogP contribution in [0, 0.1) is 19.8 Å². The summed E-state index contributed by atoms with van der Waals surface area (Å²) in [5.41, 5.74) is 5.67. The number of aromatic amines is 1. The Labute approximate surface area is 133 Å². The SMILES string of the molecule is Cc1noc(C)c1-c1ccc2c(c1)[C@H]1C(c3cnc[nH]3)[C@H]1CO2. The van der Waals surface area contributed by atoms with Crippen LogP contribution in [0.5, 0.6) is 5.75 Å². The molecule has 0 bridgehead atoms. The summed E-state index contributed by atoms with van der Waals surface area (Å²) in [6, 6.07) is 6.42. The van der Waals surface area contributed by atoms with Crippen LogP contribution in [-0.4, -0.2) is 21.7 Å². The zero-order valence-corrected chi connectivity index (χ0v) is 13.0. The predicted octanol–water partition coefficient (Wildman–Crippen LogP) is 3.57. The first-order valence-electron chi connectivity index (χ1n) is 7.92. The van der Waals surface area contributed by atoms with Crippen LogP contribution >= 0.6 is 0 Å². The van der Waals surface area contributed by atoms with Crippen molar-refractivity contribution in [2.75, 3.05) is 6.61 Å². The molecule has 23 heavy (non-hydrogen) atoms. The van der Waals surface area contributed by atoms with Crippen molar-refractivity contribution < 1.29 is 9.26 Å². The van der Waals surface area contributed by atoms with Crippen molar-refractivity contribution >= 4 is 0 Å². The molecule has 0 saturated heterocycles. The minimum atomic E-state index is 0.485. The highest BCUT2D eigenvalue weighted by Crippen LogP contribution is 2.64. The van der Waals surface area contributed by atoms with Gasteiger partial charge in [-0.15, -0.1) is 0 Å². The Morgan fingerprint density at radius 3 is 2.87 bits per heavy atom. The molecule has 5 rings (SSSR count). The number of aryl methyl sites for hydroxylation is 2. The summed E-state index contributed by atoms with van der Waals surface area (Å²) in [4.78, 5) is 7.42. The molecule has 3 atom stereocenters. The summed E-state index contributed by atoms with van der Waals surface area (Å²) in [5, 5.41) is 4.07. The first-order chi connectivity index (χ1) is 11.2. The number of nitrogens with one attached hydrogen (secondary N) is 1. The molecule has 1 fully saturated rings. The van der Waals surface area contributed by atoms with E-state index in [1.807, 2.05) is 20.0 Å². The molecule has 0 amide bonds. The third-order valence-electron chi connectivity index (χ3n) is 5.17. The molecule has 1 aromatic carbocycles. The molecule has 5 heteroatoms. The number of fused-ring (bicyclic) bond motifs is 3. The van der Waals surface area contributed by atoms with Crippen LogP contribution in [0.4, 0.5) is 0 Å². The maximum atomic E-state index is 5.97. The summed E-state index contributed by atoms with van der Waals surface area (Å²) < 4.78 is 11.3. The number of imidazole rings is 1. The van der Waals surface area contributed by atoms with Gasteiger partial charge in [-0.2, -0.15) is 0 Å². The van der Waals surface area contributed by atoms with Crippen LogP contribution in [0.3, 0.4) is 0 Å². The lowest BCUT2D eigenvalue weighted by Gasteiger charge is -2.17. The molecule has 5 nitrogen and oxygen atoms in total. The van der Waals surface area contributed by atoms with Crippen molar-refractivity contribution in [1.82, 2.24) is 15.1 Å². The van der Waals surface area contributed by atoms with Crippen molar-refractivity contribution in [2.24, 2.45) is 5.92 Å². The van der Waals surface area contributed by atoms with E-state index in [-0.39, 0.29) is 0 Å². The van der Waals surface area contributed by atoms with E-state index in [0.29, 0.717) is 17.8 Å². The molecule has 1 N–H and O–H groups in total. The van der Waals surface area contributed by atoms with E-state index in [0.717, 1.165) is 34.9 Å². The minimum absolute atomic E-state index is 0.485. The number of benzene rings is 1. The highest BCUT2D eigenvalue weighted by atomic mass is 16.5. The van der Waals surface area contributed by atoms with Gasteiger partial charge in [0.15, 0.2) is 0 Å². The quantitative estimate of drug-likeness (QED) is 0.786. The van der Waals surface area contributed by atoms with Crippen LogP contribution in [0.25, 0.3) is 11.1 Å². The molecule has 2 aliphatic rings. The molecule has 2 aromatic heterocycles. The largest absolute Gasteiger partial charge is 0.493 e. The van der Waals surface area contributed by atoms with Gasteiger partial charge in [0.2, 0.25) is 0 Å². The van der Waals surface area contributed by atoms with Gasteiger partial charge in [-0.25, -0.2) is 4.98 Å². The molecule has 1 saturated carbocycles. The van der Waals surface area contributed by atoms with Crippen LogP contribution in [-0.2, 0) is 0 Å². The smallest absolute Gasteiger partial charge is 0.141 e. The Balaban J connectivity index is 1.58. The summed E-state index contributed by atoms with van der Waals surface area (Å²) in [6.45, 7) is 4.72. The number of nitrogens with zero attached hydrogens (tertiary/aromatic N) is 2. The Morgan fingerprint density at radius 2 is 2.13 bits per heavy atom. The summed E-state index contributed by atoms with van der Waals surface area (Å²) in [5.74, 6) is 3.40. The van der Waals surface area contributed by atoms with E-state index < -0.39 is 0 Å². The van der Waals surface area contributed by atoms with Crippen molar-refractivity contribution in [1.29, 1.82) is 0 Å². The van der Waals surface area contributed by atoms with E-state index >= 15 is 0 Å². The molecule has 116 valence electrons. The Bertz CT molecular complexity index is 862. The van der Waals surface area contributed by atoms with Crippen molar-refractivity contribution in [3.8, 4) is 16.9 Å². The van der Waals surface area contributed by atoms with E-state index in [9.17, 15) is 0 Å². The van der Waals surface area contributed by atoms with Gasteiger partial charge in [0, 0.05) is 35.2 Å². The first-order valence-corrected chi connectivity index (χ1v) is 7.92. The van der Waals surface area contributed by atoms with Crippen molar-refractivity contribution in [3.63, 3.8) is 0 Å². The van der Waals surface area contributed by atoms with Gasteiger partial charge in [-0.1, -0.05) is 11.2 Å². The molecular weight excluding hydrogens is 290 g/mol. The lowest BCUT2D eigenvalue weighted by atomic mass is 9.97. The van der Waals surface area contributed by atoms with Crippen LogP contribution in [0.2, 0.25) is 0 Å². The first kappa shape index (κ1) is 12.9.